The molecule has 0 atom stereocenters. The number of aromatic nitrogens is 2. The number of nitrogens with one attached hydrogen (secondary N) is 2. The van der Waals surface area contributed by atoms with Crippen LogP contribution in [-0.2, 0) is 12.8 Å². The summed E-state index contributed by atoms with van der Waals surface area (Å²) in [5, 5.41) is 5.50. The van der Waals surface area contributed by atoms with Crippen LogP contribution in [-0.4, -0.2) is 47.5 Å². The molecule has 0 unspecified atom stereocenters. The highest BCUT2D eigenvalue weighted by atomic mass is 127. The number of fused-ring (bicyclic) bond motifs is 1. The molecule has 26 heavy (non-hydrogen) atoms. The lowest BCUT2D eigenvalue weighted by molar-refractivity contribution is 0.486. The molecule has 0 saturated heterocycles. The zero-order valence-electron chi connectivity index (χ0n) is 15.2. The van der Waals surface area contributed by atoms with Crippen LogP contribution < -0.4 is 5.32 Å². The van der Waals surface area contributed by atoms with Gasteiger partial charge in [0.2, 0.25) is 0 Å². The molecule has 1 aromatic carbocycles. The SMILES string of the molecule is CCNC(=NCCc1nc2ccccc2[nH]1)N(C)CCc1cccs1.I. The molecule has 0 aliphatic heterocycles. The first-order valence-corrected chi connectivity index (χ1v) is 9.59. The number of para-hydroxylation sites is 2. The van der Waals surface area contributed by atoms with Gasteiger partial charge in [0.05, 0.1) is 11.0 Å². The summed E-state index contributed by atoms with van der Waals surface area (Å²) in [5.41, 5.74) is 2.10. The molecular formula is C19H26IN5S. The Morgan fingerprint density at radius 3 is 2.81 bits per heavy atom. The largest absolute Gasteiger partial charge is 0.357 e. The smallest absolute Gasteiger partial charge is 0.193 e. The summed E-state index contributed by atoms with van der Waals surface area (Å²) in [6.45, 7) is 4.64. The normalized spacial score (nSPS) is 11.4. The van der Waals surface area contributed by atoms with Gasteiger partial charge in [-0.25, -0.2) is 4.98 Å². The van der Waals surface area contributed by atoms with Crippen LogP contribution in [0, 0.1) is 0 Å². The lowest BCUT2D eigenvalue weighted by Gasteiger charge is -2.21. The number of likely N-dealkylation sites (N-methyl/N-ethyl adjacent to an activating group) is 1. The Morgan fingerprint density at radius 2 is 2.08 bits per heavy atom. The first-order valence-electron chi connectivity index (χ1n) is 8.71. The van der Waals surface area contributed by atoms with E-state index in [4.69, 9.17) is 4.99 Å². The maximum Gasteiger partial charge on any atom is 0.193 e. The number of hydrogen-bond donors (Lipinski definition) is 2. The number of rotatable bonds is 7. The molecule has 7 heteroatoms. The molecule has 0 bridgehead atoms. The molecule has 140 valence electrons. The summed E-state index contributed by atoms with van der Waals surface area (Å²) in [4.78, 5) is 16.3. The average Bonchev–Trinajstić information content (AvgIpc) is 3.28. The topological polar surface area (TPSA) is 56.3 Å². The van der Waals surface area contributed by atoms with Gasteiger partial charge in [0.15, 0.2) is 5.96 Å². The number of thiophene rings is 1. The maximum atomic E-state index is 4.75. The third kappa shape index (κ3) is 5.70. The number of benzene rings is 1. The predicted octanol–water partition coefficient (Wildman–Crippen LogP) is 3.92. The monoisotopic (exact) mass is 483 g/mol. The predicted molar refractivity (Wildman–Crippen MR) is 122 cm³/mol. The van der Waals surface area contributed by atoms with Crippen molar-refractivity contribution in [3.63, 3.8) is 0 Å². The minimum Gasteiger partial charge on any atom is -0.357 e. The van der Waals surface area contributed by atoms with Gasteiger partial charge in [0.25, 0.3) is 0 Å². The van der Waals surface area contributed by atoms with E-state index in [0.29, 0.717) is 6.54 Å². The highest BCUT2D eigenvalue weighted by Gasteiger charge is 2.07. The summed E-state index contributed by atoms with van der Waals surface area (Å²) in [7, 11) is 2.09. The third-order valence-corrected chi connectivity index (χ3v) is 4.95. The van der Waals surface area contributed by atoms with Crippen LogP contribution in [0.5, 0.6) is 0 Å². The number of nitrogens with zero attached hydrogens (tertiary/aromatic N) is 3. The Kier molecular flexibility index (Phi) is 8.37. The fraction of sp³-hybridized carbons (Fsp3) is 0.368. The maximum absolute atomic E-state index is 4.75. The first-order chi connectivity index (χ1) is 12.3. The van der Waals surface area contributed by atoms with Crippen molar-refractivity contribution in [3.8, 4) is 0 Å². The number of halogens is 1. The highest BCUT2D eigenvalue weighted by molar-refractivity contribution is 14.0. The van der Waals surface area contributed by atoms with E-state index < -0.39 is 0 Å². The van der Waals surface area contributed by atoms with Crippen molar-refractivity contribution >= 4 is 52.3 Å². The Morgan fingerprint density at radius 1 is 1.23 bits per heavy atom. The number of hydrogen-bond acceptors (Lipinski definition) is 3. The van der Waals surface area contributed by atoms with Gasteiger partial charge in [0, 0.05) is 38.0 Å². The summed E-state index contributed by atoms with van der Waals surface area (Å²) in [6, 6.07) is 12.4. The standard InChI is InChI=1S/C19H25N5S.HI/c1-3-20-19(24(2)13-11-15-7-6-14-25-15)21-12-10-18-22-16-8-4-5-9-17(16)23-18;/h4-9,14H,3,10-13H2,1-2H3,(H,20,21)(H,22,23);1H. The van der Waals surface area contributed by atoms with Crippen LogP contribution in [0.25, 0.3) is 11.0 Å². The van der Waals surface area contributed by atoms with E-state index in [-0.39, 0.29) is 24.0 Å². The molecule has 0 aliphatic rings. The second kappa shape index (κ2) is 10.5. The Bertz CT molecular complexity index is 779. The van der Waals surface area contributed by atoms with Gasteiger partial charge in [-0.3, -0.25) is 4.99 Å². The molecule has 0 aliphatic carbocycles. The van der Waals surface area contributed by atoms with Crippen molar-refractivity contribution < 1.29 is 0 Å². The van der Waals surface area contributed by atoms with Gasteiger partial charge < -0.3 is 15.2 Å². The molecule has 3 aromatic rings. The molecule has 0 spiro atoms. The van der Waals surface area contributed by atoms with Gasteiger partial charge in [-0.15, -0.1) is 35.3 Å². The quantitative estimate of drug-likeness (QED) is 0.304. The van der Waals surface area contributed by atoms with Crippen molar-refractivity contribution in [2.75, 3.05) is 26.7 Å². The third-order valence-electron chi connectivity index (χ3n) is 4.02. The lowest BCUT2D eigenvalue weighted by Crippen LogP contribution is -2.40. The zero-order chi connectivity index (χ0) is 17.5. The summed E-state index contributed by atoms with van der Waals surface area (Å²) in [5.74, 6) is 1.94. The molecule has 3 rings (SSSR count). The Balaban J connectivity index is 0.00000243. The van der Waals surface area contributed by atoms with E-state index in [2.05, 4.69) is 57.7 Å². The molecular weight excluding hydrogens is 457 g/mol. The molecule has 0 amide bonds. The number of imidazole rings is 1. The van der Waals surface area contributed by atoms with E-state index in [1.165, 1.54) is 4.88 Å². The van der Waals surface area contributed by atoms with Crippen molar-refractivity contribution in [1.82, 2.24) is 20.2 Å². The average molecular weight is 483 g/mol. The summed E-state index contributed by atoms with van der Waals surface area (Å²) in [6.07, 6.45) is 1.85. The zero-order valence-corrected chi connectivity index (χ0v) is 18.4. The Hall–Kier alpha value is -1.61. The lowest BCUT2D eigenvalue weighted by atomic mass is 10.3. The Labute approximate surface area is 176 Å². The fourth-order valence-corrected chi connectivity index (χ4v) is 3.40. The van der Waals surface area contributed by atoms with Crippen molar-refractivity contribution in [2.45, 2.75) is 19.8 Å². The number of aromatic amines is 1. The molecule has 2 N–H and O–H groups in total. The van der Waals surface area contributed by atoms with E-state index in [1.807, 2.05) is 29.5 Å². The molecule has 0 radical (unpaired) electrons. The minimum atomic E-state index is 0. The van der Waals surface area contributed by atoms with Crippen LogP contribution in [0.2, 0.25) is 0 Å². The van der Waals surface area contributed by atoms with E-state index in [1.54, 1.807) is 0 Å². The van der Waals surface area contributed by atoms with Crippen LogP contribution in [0.1, 0.15) is 17.6 Å². The molecule has 5 nitrogen and oxygen atoms in total. The summed E-state index contributed by atoms with van der Waals surface area (Å²) >= 11 is 1.81. The van der Waals surface area contributed by atoms with Gasteiger partial charge >= 0.3 is 0 Å². The van der Waals surface area contributed by atoms with Crippen LogP contribution in [0.4, 0.5) is 0 Å². The second-order valence-corrected chi connectivity index (χ2v) is 6.97. The van der Waals surface area contributed by atoms with E-state index >= 15 is 0 Å². The van der Waals surface area contributed by atoms with Gasteiger partial charge in [-0.05, 0) is 36.9 Å². The van der Waals surface area contributed by atoms with Crippen LogP contribution >= 0.6 is 35.3 Å². The number of aliphatic imine (C=N–C) groups is 1. The summed E-state index contributed by atoms with van der Waals surface area (Å²) < 4.78 is 0. The van der Waals surface area contributed by atoms with Gasteiger partial charge in [0.1, 0.15) is 5.82 Å². The van der Waals surface area contributed by atoms with E-state index in [0.717, 1.165) is 48.7 Å². The molecule has 2 aromatic heterocycles. The minimum absolute atomic E-state index is 0. The van der Waals surface area contributed by atoms with Gasteiger partial charge in [-0.1, -0.05) is 18.2 Å². The number of H-pyrrole nitrogens is 1. The highest BCUT2D eigenvalue weighted by Crippen LogP contribution is 2.11. The van der Waals surface area contributed by atoms with Crippen molar-refractivity contribution in [2.24, 2.45) is 4.99 Å². The van der Waals surface area contributed by atoms with E-state index in [9.17, 15) is 0 Å². The first kappa shape index (κ1) is 20.7. The van der Waals surface area contributed by atoms with Crippen LogP contribution in [0.15, 0.2) is 46.8 Å². The van der Waals surface area contributed by atoms with Crippen molar-refractivity contribution in [3.05, 3.63) is 52.5 Å². The van der Waals surface area contributed by atoms with Crippen LogP contribution in [0.3, 0.4) is 0 Å². The fourth-order valence-electron chi connectivity index (χ4n) is 2.70. The van der Waals surface area contributed by atoms with Gasteiger partial charge in [-0.2, -0.15) is 0 Å². The molecule has 0 fully saturated rings. The number of guanidine groups is 1. The second-order valence-electron chi connectivity index (χ2n) is 5.94. The molecule has 2 heterocycles. The van der Waals surface area contributed by atoms with Crippen molar-refractivity contribution in [1.29, 1.82) is 0 Å². The molecule has 0 saturated carbocycles.